The summed E-state index contributed by atoms with van der Waals surface area (Å²) in [4.78, 5) is 9.73. The predicted molar refractivity (Wildman–Crippen MR) is 49.3 cm³/mol. The molecule has 1 N–H and O–H groups in total. The summed E-state index contributed by atoms with van der Waals surface area (Å²) in [6.45, 7) is 0. The summed E-state index contributed by atoms with van der Waals surface area (Å²) >= 11 is 0. The van der Waals surface area contributed by atoms with E-state index in [0.717, 1.165) is 18.2 Å². The molecule has 0 aliphatic carbocycles. The number of para-hydroxylation sites is 1. The number of alkyl halides is 3. The Kier molecular flexibility index (Phi) is 3.21. The van der Waals surface area contributed by atoms with Crippen LogP contribution in [0.3, 0.4) is 0 Å². The molecule has 0 aliphatic rings. The summed E-state index contributed by atoms with van der Waals surface area (Å²) in [6.07, 6.45) is -4.89. The third-order valence-electron chi connectivity index (χ3n) is 1.68. The lowest BCUT2D eigenvalue weighted by Crippen LogP contribution is -2.18. The van der Waals surface area contributed by atoms with Crippen molar-refractivity contribution in [3.05, 3.63) is 28.3 Å². The van der Waals surface area contributed by atoms with Crippen LogP contribution >= 0.6 is 0 Å². The lowest BCUT2D eigenvalue weighted by Gasteiger charge is -2.12. The van der Waals surface area contributed by atoms with Gasteiger partial charge in [0.05, 0.1) is 4.92 Å². The number of anilines is 1. The van der Waals surface area contributed by atoms with Crippen LogP contribution in [0, 0.1) is 10.1 Å². The Labute approximate surface area is 88.0 Å². The molecule has 0 aromatic heterocycles. The zero-order valence-corrected chi connectivity index (χ0v) is 8.04. The molecule has 5 nitrogen and oxygen atoms in total. The van der Waals surface area contributed by atoms with E-state index in [9.17, 15) is 23.3 Å². The van der Waals surface area contributed by atoms with E-state index in [-0.39, 0.29) is 5.69 Å². The molecule has 1 rings (SSSR count). The van der Waals surface area contributed by atoms with Crippen molar-refractivity contribution in [1.82, 2.24) is 0 Å². The molecule has 8 heteroatoms. The Hall–Kier alpha value is -1.99. The van der Waals surface area contributed by atoms with Gasteiger partial charge in [0.15, 0.2) is 11.4 Å². The standard InChI is InChI=1S/C8H7F3N2O3/c1-12-7-5(13(14)15)3-2-4-6(7)16-8(9,10)11/h2-4,12H,1H3. The van der Waals surface area contributed by atoms with E-state index in [0.29, 0.717) is 0 Å². The molecule has 16 heavy (non-hydrogen) atoms. The van der Waals surface area contributed by atoms with Gasteiger partial charge in [-0.3, -0.25) is 10.1 Å². The van der Waals surface area contributed by atoms with Crippen molar-refractivity contribution in [2.24, 2.45) is 0 Å². The van der Waals surface area contributed by atoms with E-state index in [4.69, 9.17) is 0 Å². The smallest absolute Gasteiger partial charge is 0.403 e. The minimum absolute atomic E-state index is 0.315. The van der Waals surface area contributed by atoms with Crippen molar-refractivity contribution in [2.45, 2.75) is 6.36 Å². The minimum atomic E-state index is -4.89. The van der Waals surface area contributed by atoms with Crippen LogP contribution in [-0.2, 0) is 0 Å². The highest BCUT2D eigenvalue weighted by Crippen LogP contribution is 2.36. The molecule has 0 radical (unpaired) electrons. The van der Waals surface area contributed by atoms with Crippen LogP contribution in [0.5, 0.6) is 5.75 Å². The number of benzene rings is 1. The molecule has 0 unspecified atom stereocenters. The Bertz CT molecular complexity index is 406. The van der Waals surface area contributed by atoms with E-state index in [1.54, 1.807) is 0 Å². The average molecular weight is 236 g/mol. The molecular weight excluding hydrogens is 229 g/mol. The van der Waals surface area contributed by atoms with Gasteiger partial charge in [0.2, 0.25) is 0 Å². The molecular formula is C8H7F3N2O3. The van der Waals surface area contributed by atoms with Gasteiger partial charge in [-0.2, -0.15) is 0 Å². The first-order valence-electron chi connectivity index (χ1n) is 4.06. The van der Waals surface area contributed by atoms with Gasteiger partial charge in [0.25, 0.3) is 5.69 Å². The van der Waals surface area contributed by atoms with Crippen molar-refractivity contribution in [1.29, 1.82) is 0 Å². The lowest BCUT2D eigenvalue weighted by molar-refractivity contribution is -0.384. The first-order valence-corrected chi connectivity index (χ1v) is 4.06. The topological polar surface area (TPSA) is 64.4 Å². The maximum absolute atomic E-state index is 12.0. The highest BCUT2D eigenvalue weighted by atomic mass is 19.4. The Morgan fingerprint density at radius 1 is 1.44 bits per heavy atom. The van der Waals surface area contributed by atoms with E-state index < -0.39 is 22.7 Å². The molecule has 1 aromatic rings. The number of nitro benzene ring substituents is 1. The molecule has 0 spiro atoms. The molecule has 1 aromatic carbocycles. The summed E-state index contributed by atoms with van der Waals surface area (Å²) in [5, 5.41) is 12.8. The van der Waals surface area contributed by atoms with Gasteiger partial charge in [-0.15, -0.1) is 13.2 Å². The van der Waals surface area contributed by atoms with Gasteiger partial charge in [0, 0.05) is 13.1 Å². The van der Waals surface area contributed by atoms with Crippen molar-refractivity contribution < 1.29 is 22.8 Å². The average Bonchev–Trinajstić information content (AvgIpc) is 2.14. The van der Waals surface area contributed by atoms with Gasteiger partial charge >= 0.3 is 6.36 Å². The minimum Gasteiger partial charge on any atom is -0.403 e. The summed E-state index contributed by atoms with van der Waals surface area (Å²) in [5.74, 6) is -0.635. The van der Waals surface area contributed by atoms with Crippen molar-refractivity contribution in [3.63, 3.8) is 0 Å². The van der Waals surface area contributed by atoms with Gasteiger partial charge in [-0.05, 0) is 6.07 Å². The fourth-order valence-electron chi connectivity index (χ4n) is 1.13. The first-order chi connectivity index (χ1) is 7.35. The summed E-state index contributed by atoms with van der Waals surface area (Å²) in [5.41, 5.74) is -0.797. The van der Waals surface area contributed by atoms with Crippen LogP contribution in [0.15, 0.2) is 18.2 Å². The zero-order valence-electron chi connectivity index (χ0n) is 8.04. The number of ether oxygens (including phenoxy) is 1. The second-order valence-corrected chi connectivity index (χ2v) is 2.71. The third-order valence-corrected chi connectivity index (χ3v) is 1.68. The molecule has 0 atom stereocenters. The fourth-order valence-corrected chi connectivity index (χ4v) is 1.13. The van der Waals surface area contributed by atoms with E-state index in [2.05, 4.69) is 10.1 Å². The van der Waals surface area contributed by atoms with Crippen LogP contribution in [0.1, 0.15) is 0 Å². The Morgan fingerprint density at radius 2 is 2.06 bits per heavy atom. The number of hydrogen-bond acceptors (Lipinski definition) is 4. The summed E-state index contributed by atoms with van der Waals surface area (Å²) in [7, 11) is 1.27. The molecule has 0 fully saturated rings. The SMILES string of the molecule is CNc1c(OC(F)(F)F)cccc1[N+](=O)[O-]. The molecule has 0 bridgehead atoms. The van der Waals surface area contributed by atoms with Crippen LogP contribution < -0.4 is 10.1 Å². The van der Waals surface area contributed by atoms with Gasteiger partial charge in [0.1, 0.15) is 0 Å². The third kappa shape index (κ3) is 2.75. The molecule has 0 saturated carbocycles. The van der Waals surface area contributed by atoms with Crippen molar-refractivity contribution in [3.8, 4) is 5.75 Å². The number of rotatable bonds is 3. The maximum atomic E-state index is 12.0. The number of hydrogen-bond donors (Lipinski definition) is 1. The van der Waals surface area contributed by atoms with Gasteiger partial charge in [-0.25, -0.2) is 0 Å². The van der Waals surface area contributed by atoms with E-state index in [1.807, 2.05) is 0 Å². The molecule has 0 heterocycles. The lowest BCUT2D eigenvalue weighted by atomic mass is 10.2. The number of nitrogens with one attached hydrogen (secondary N) is 1. The van der Waals surface area contributed by atoms with Crippen LogP contribution in [-0.4, -0.2) is 18.3 Å². The Balaban J connectivity index is 3.19. The fraction of sp³-hybridized carbons (Fsp3) is 0.250. The van der Waals surface area contributed by atoms with Crippen molar-refractivity contribution in [2.75, 3.05) is 12.4 Å². The summed E-state index contributed by atoms with van der Waals surface area (Å²) < 4.78 is 39.6. The van der Waals surface area contributed by atoms with E-state index in [1.165, 1.54) is 7.05 Å². The molecule has 0 amide bonds. The largest absolute Gasteiger partial charge is 0.573 e. The second-order valence-electron chi connectivity index (χ2n) is 2.71. The first kappa shape index (κ1) is 12.1. The van der Waals surface area contributed by atoms with Crippen LogP contribution in [0.25, 0.3) is 0 Å². The number of halogens is 3. The van der Waals surface area contributed by atoms with Crippen LogP contribution in [0.2, 0.25) is 0 Å². The van der Waals surface area contributed by atoms with E-state index >= 15 is 0 Å². The van der Waals surface area contributed by atoms with Gasteiger partial charge in [-0.1, -0.05) is 6.07 Å². The highest BCUT2D eigenvalue weighted by molar-refractivity contribution is 5.69. The molecule has 88 valence electrons. The highest BCUT2D eigenvalue weighted by Gasteiger charge is 2.33. The predicted octanol–water partition coefficient (Wildman–Crippen LogP) is 2.54. The summed E-state index contributed by atoms with van der Waals surface area (Å²) in [6, 6.07) is 3.18. The van der Waals surface area contributed by atoms with Crippen LogP contribution in [0.4, 0.5) is 24.5 Å². The number of nitrogens with zero attached hydrogens (tertiary/aromatic N) is 1. The van der Waals surface area contributed by atoms with Gasteiger partial charge < -0.3 is 10.1 Å². The molecule has 0 saturated heterocycles. The second kappa shape index (κ2) is 4.25. The normalized spacial score (nSPS) is 11.0. The molecule has 0 aliphatic heterocycles. The number of nitro groups is 1. The quantitative estimate of drug-likeness (QED) is 0.647. The Morgan fingerprint density at radius 3 is 2.50 bits per heavy atom. The zero-order chi connectivity index (χ0) is 12.3. The monoisotopic (exact) mass is 236 g/mol. The van der Waals surface area contributed by atoms with Crippen molar-refractivity contribution >= 4 is 11.4 Å². The maximum Gasteiger partial charge on any atom is 0.573 e.